The van der Waals surface area contributed by atoms with E-state index in [-0.39, 0.29) is 23.2 Å². The van der Waals surface area contributed by atoms with Gasteiger partial charge in [-0.05, 0) is 47.3 Å². The van der Waals surface area contributed by atoms with Crippen molar-refractivity contribution in [1.82, 2.24) is 4.31 Å². The highest BCUT2D eigenvalue weighted by atomic mass is 32.2. The summed E-state index contributed by atoms with van der Waals surface area (Å²) in [6, 6.07) is 28.5. The predicted octanol–water partition coefficient (Wildman–Crippen LogP) is 4.48. The Kier molecular flexibility index (Phi) is 5.84. The second-order valence-electron chi connectivity index (χ2n) is 10.7. The highest BCUT2D eigenvalue weighted by molar-refractivity contribution is 7.89. The molecule has 1 aliphatic heterocycles. The first-order valence-electron chi connectivity index (χ1n) is 12.0. The second kappa shape index (κ2) is 8.45. The van der Waals surface area contributed by atoms with E-state index in [1.165, 1.54) is 10.4 Å². The average molecular weight is 492 g/mol. The largest absolute Gasteiger partial charge is 0.404 e. The summed E-state index contributed by atoms with van der Waals surface area (Å²) < 4.78 is 35.3. The minimum Gasteiger partial charge on any atom is -0.404 e. The quantitative estimate of drug-likeness (QED) is 0.377. The van der Waals surface area contributed by atoms with E-state index in [1.807, 2.05) is 19.1 Å². The Morgan fingerprint density at radius 2 is 1.26 bits per heavy atom. The summed E-state index contributed by atoms with van der Waals surface area (Å²) >= 11 is 0. The van der Waals surface area contributed by atoms with Crippen LogP contribution in [0.5, 0.6) is 0 Å². The molecule has 0 spiro atoms. The van der Waals surface area contributed by atoms with E-state index in [9.17, 15) is 8.42 Å². The first-order valence-corrected chi connectivity index (χ1v) is 15.4. The number of hydrogen-bond acceptors (Lipinski definition) is 3. The monoisotopic (exact) mass is 491 g/mol. The molecule has 1 heterocycles. The molecule has 2 unspecified atom stereocenters. The minimum absolute atomic E-state index is 0.0366. The van der Waals surface area contributed by atoms with Crippen LogP contribution in [-0.2, 0) is 14.4 Å². The van der Waals surface area contributed by atoms with Crippen LogP contribution in [0.25, 0.3) is 0 Å². The fourth-order valence-corrected chi connectivity index (χ4v) is 12.2. The molecule has 0 N–H and O–H groups in total. The van der Waals surface area contributed by atoms with E-state index in [0.29, 0.717) is 4.90 Å². The van der Waals surface area contributed by atoms with Crippen molar-refractivity contribution in [2.45, 2.75) is 68.7 Å². The van der Waals surface area contributed by atoms with Gasteiger partial charge >= 0.3 is 0 Å². The zero-order valence-corrected chi connectivity index (χ0v) is 22.1. The molecular weight excluding hydrogens is 458 g/mol. The maximum absolute atomic E-state index is 13.2. The summed E-state index contributed by atoms with van der Waals surface area (Å²) in [5.41, 5.74) is 1.06. The number of piperidine rings is 1. The number of sulfonamides is 1. The maximum atomic E-state index is 13.2. The molecule has 1 saturated heterocycles. The van der Waals surface area contributed by atoms with Crippen molar-refractivity contribution in [3.63, 3.8) is 0 Å². The highest BCUT2D eigenvalue weighted by Crippen LogP contribution is 2.49. The first-order chi connectivity index (χ1) is 16.1. The normalized spacial score (nSPS) is 24.6. The fourth-order valence-electron chi connectivity index (χ4n) is 5.69. The average Bonchev–Trinajstić information content (AvgIpc) is 3.35. The lowest BCUT2D eigenvalue weighted by Gasteiger charge is -2.45. The van der Waals surface area contributed by atoms with Crippen LogP contribution in [0.3, 0.4) is 0 Å². The van der Waals surface area contributed by atoms with Crippen molar-refractivity contribution in [1.29, 1.82) is 0 Å². The van der Waals surface area contributed by atoms with Crippen molar-refractivity contribution < 1.29 is 12.8 Å². The van der Waals surface area contributed by atoms with Gasteiger partial charge < -0.3 is 4.43 Å². The standard InChI is InChI=1S/C28H33NO3SSi/c1-21-15-17-23(18-16-21)33(30,31)29-26-19-22(20-27(26)29)32-34(28(2,3)4,24-11-7-5-8-12-24)25-13-9-6-10-14-25/h5-18,22,26-27H,19-20H2,1-4H3/t22?,26-,27+,29?. The zero-order chi connectivity index (χ0) is 24.1. The molecule has 0 bridgehead atoms. The molecule has 1 aliphatic carbocycles. The number of rotatable bonds is 6. The summed E-state index contributed by atoms with van der Waals surface area (Å²) in [6.07, 6.45) is 1.55. The highest BCUT2D eigenvalue weighted by Gasteiger charge is 2.62. The van der Waals surface area contributed by atoms with Crippen LogP contribution < -0.4 is 10.4 Å². The molecule has 5 rings (SSSR count). The summed E-state index contributed by atoms with van der Waals surface area (Å²) in [4.78, 5) is 0.386. The smallest absolute Gasteiger partial charge is 0.261 e. The van der Waals surface area contributed by atoms with E-state index in [2.05, 4.69) is 81.4 Å². The molecule has 3 aromatic carbocycles. The molecule has 2 aliphatic rings. The Hall–Kier alpha value is -2.25. The Balaban J connectivity index is 1.42. The molecule has 0 aromatic heterocycles. The third kappa shape index (κ3) is 3.87. The number of benzene rings is 3. The van der Waals surface area contributed by atoms with Crippen LogP contribution in [0.15, 0.2) is 89.8 Å². The van der Waals surface area contributed by atoms with Crippen molar-refractivity contribution >= 4 is 28.7 Å². The van der Waals surface area contributed by atoms with Gasteiger partial charge in [0.1, 0.15) is 0 Å². The number of fused-ring (bicyclic) bond motifs is 1. The van der Waals surface area contributed by atoms with E-state index in [0.717, 1.165) is 18.4 Å². The molecule has 6 heteroatoms. The van der Waals surface area contributed by atoms with Gasteiger partial charge in [-0.1, -0.05) is 99.1 Å². The lowest BCUT2D eigenvalue weighted by Crippen LogP contribution is -2.67. The lowest BCUT2D eigenvalue weighted by molar-refractivity contribution is 0.175. The molecule has 0 radical (unpaired) electrons. The predicted molar refractivity (Wildman–Crippen MR) is 140 cm³/mol. The molecule has 178 valence electrons. The van der Waals surface area contributed by atoms with Gasteiger partial charge in [-0.3, -0.25) is 0 Å². The molecule has 4 atom stereocenters. The Morgan fingerprint density at radius 1 is 0.794 bits per heavy atom. The van der Waals surface area contributed by atoms with Gasteiger partial charge in [-0.2, -0.15) is 4.31 Å². The summed E-state index contributed by atoms with van der Waals surface area (Å²) in [5.74, 6) is 0. The molecule has 4 nitrogen and oxygen atoms in total. The molecule has 0 amide bonds. The van der Waals surface area contributed by atoms with E-state index in [4.69, 9.17) is 4.43 Å². The van der Waals surface area contributed by atoms with Crippen LogP contribution in [0, 0.1) is 6.92 Å². The van der Waals surface area contributed by atoms with Crippen molar-refractivity contribution in [3.05, 3.63) is 90.5 Å². The van der Waals surface area contributed by atoms with Gasteiger partial charge in [-0.15, -0.1) is 0 Å². The van der Waals surface area contributed by atoms with Crippen LogP contribution >= 0.6 is 0 Å². The molecule has 1 saturated carbocycles. The second-order valence-corrected chi connectivity index (χ2v) is 16.8. The van der Waals surface area contributed by atoms with Crippen LogP contribution in [0.4, 0.5) is 0 Å². The van der Waals surface area contributed by atoms with E-state index >= 15 is 0 Å². The zero-order valence-electron chi connectivity index (χ0n) is 20.3. The summed E-state index contributed by atoms with van der Waals surface area (Å²) in [6.45, 7) is 8.81. The third-order valence-electron chi connectivity index (χ3n) is 7.37. The fraction of sp³-hybridized carbons (Fsp3) is 0.357. The molecule has 3 aromatic rings. The molecule has 34 heavy (non-hydrogen) atoms. The van der Waals surface area contributed by atoms with E-state index in [1.54, 1.807) is 16.4 Å². The van der Waals surface area contributed by atoms with Gasteiger partial charge in [0.05, 0.1) is 4.90 Å². The lowest BCUT2D eigenvalue weighted by atomic mass is 10.2. The number of aryl methyl sites for hydroxylation is 1. The SMILES string of the molecule is Cc1ccc(S(=O)(=O)N2[C@@H]3CC(O[Si](c4ccccc4)(c4ccccc4)C(C)(C)C)C[C@@H]32)cc1. The maximum Gasteiger partial charge on any atom is 0.261 e. The third-order valence-corrected chi connectivity index (χ3v) is 14.4. The van der Waals surface area contributed by atoms with Gasteiger partial charge in [-0.25, -0.2) is 8.42 Å². The molecule has 2 fully saturated rings. The Labute approximate surface area is 204 Å². The number of hydrogen-bond donors (Lipinski definition) is 0. The van der Waals surface area contributed by atoms with Gasteiger partial charge in [0.15, 0.2) is 0 Å². The minimum atomic E-state index is -3.45. The van der Waals surface area contributed by atoms with E-state index < -0.39 is 18.3 Å². The van der Waals surface area contributed by atoms with Crippen molar-refractivity contribution in [2.24, 2.45) is 0 Å². The summed E-state index contributed by atoms with van der Waals surface area (Å²) in [7, 11) is -6.08. The van der Waals surface area contributed by atoms with Gasteiger partial charge in [0.2, 0.25) is 10.0 Å². The number of nitrogens with zero attached hydrogens (tertiary/aromatic N) is 1. The van der Waals surface area contributed by atoms with Gasteiger partial charge in [0, 0.05) is 18.2 Å². The van der Waals surface area contributed by atoms with Crippen LogP contribution in [0.1, 0.15) is 39.2 Å². The van der Waals surface area contributed by atoms with Gasteiger partial charge in [0.25, 0.3) is 8.32 Å². The summed E-state index contributed by atoms with van der Waals surface area (Å²) in [5, 5.41) is 2.44. The topological polar surface area (TPSA) is 46.4 Å². The van der Waals surface area contributed by atoms with Crippen molar-refractivity contribution in [2.75, 3.05) is 0 Å². The van der Waals surface area contributed by atoms with Crippen LogP contribution in [0.2, 0.25) is 5.04 Å². The molecular formula is C28H33NO3SSi. The Morgan fingerprint density at radius 3 is 1.71 bits per heavy atom. The Bertz CT molecular complexity index is 1200. The first kappa shape index (κ1) is 23.5. The van der Waals surface area contributed by atoms with Crippen LogP contribution in [-0.4, -0.2) is 39.2 Å². The van der Waals surface area contributed by atoms with Crippen molar-refractivity contribution in [3.8, 4) is 0 Å².